The zero-order valence-electron chi connectivity index (χ0n) is 9.54. The maximum Gasteiger partial charge on any atom is 0.0663 e. The molecular weight excluding hydrogens is 172 g/mol. The van der Waals surface area contributed by atoms with Crippen molar-refractivity contribution in [3.05, 3.63) is 23.5 Å². The maximum absolute atomic E-state index is 6.10. The smallest absolute Gasteiger partial charge is 0.0663 e. The molecule has 1 unspecified atom stereocenters. The zero-order chi connectivity index (χ0) is 10.7. The third-order valence-corrected chi connectivity index (χ3v) is 2.76. The fraction of sp³-hybridized carbons (Fsp3) is 0.583. The van der Waals surface area contributed by atoms with Gasteiger partial charge < -0.3 is 5.73 Å². The van der Waals surface area contributed by atoms with Crippen molar-refractivity contribution in [2.45, 2.75) is 46.0 Å². The van der Waals surface area contributed by atoms with Gasteiger partial charge in [0.1, 0.15) is 0 Å². The molecule has 2 heteroatoms. The van der Waals surface area contributed by atoms with E-state index >= 15 is 0 Å². The molecule has 2 N–H and O–H groups in total. The van der Waals surface area contributed by atoms with E-state index in [1.54, 1.807) is 0 Å². The van der Waals surface area contributed by atoms with Gasteiger partial charge in [0, 0.05) is 12.1 Å². The minimum absolute atomic E-state index is 0.452. The summed E-state index contributed by atoms with van der Waals surface area (Å²) in [4.78, 5) is 4.37. The SMILES string of the molecule is CCC(C)c1nccc(C(C)C)c1N. The molecule has 0 amide bonds. The summed E-state index contributed by atoms with van der Waals surface area (Å²) in [6.45, 7) is 8.65. The molecule has 0 saturated carbocycles. The summed E-state index contributed by atoms with van der Waals surface area (Å²) in [5, 5.41) is 0. The third-order valence-electron chi connectivity index (χ3n) is 2.76. The van der Waals surface area contributed by atoms with Gasteiger partial charge in [-0.25, -0.2) is 0 Å². The van der Waals surface area contributed by atoms with Crippen molar-refractivity contribution in [1.29, 1.82) is 0 Å². The summed E-state index contributed by atoms with van der Waals surface area (Å²) in [7, 11) is 0. The quantitative estimate of drug-likeness (QED) is 0.798. The van der Waals surface area contributed by atoms with E-state index in [1.165, 1.54) is 5.56 Å². The lowest BCUT2D eigenvalue weighted by molar-refractivity contribution is 0.706. The van der Waals surface area contributed by atoms with E-state index in [0.717, 1.165) is 17.8 Å². The van der Waals surface area contributed by atoms with Crippen LogP contribution in [0.25, 0.3) is 0 Å². The number of hydrogen-bond acceptors (Lipinski definition) is 2. The van der Waals surface area contributed by atoms with Crippen LogP contribution in [0.15, 0.2) is 12.3 Å². The first-order valence-electron chi connectivity index (χ1n) is 5.32. The van der Waals surface area contributed by atoms with Crippen molar-refractivity contribution >= 4 is 5.69 Å². The molecule has 1 heterocycles. The number of rotatable bonds is 3. The molecule has 0 spiro atoms. The predicted molar refractivity (Wildman–Crippen MR) is 61.4 cm³/mol. The molecule has 0 bridgehead atoms. The topological polar surface area (TPSA) is 38.9 Å². The van der Waals surface area contributed by atoms with Crippen LogP contribution in [0.4, 0.5) is 5.69 Å². The molecule has 0 aliphatic carbocycles. The van der Waals surface area contributed by atoms with Crippen LogP contribution in [0.1, 0.15) is 57.2 Å². The number of nitrogens with two attached hydrogens (primary N) is 1. The Morgan fingerprint density at radius 2 is 2.00 bits per heavy atom. The van der Waals surface area contributed by atoms with Crippen LogP contribution in [-0.4, -0.2) is 4.98 Å². The standard InChI is InChI=1S/C12H20N2/c1-5-9(4)12-11(13)10(8(2)3)6-7-14-12/h6-9H,5,13H2,1-4H3. The van der Waals surface area contributed by atoms with Gasteiger partial charge in [-0.3, -0.25) is 4.98 Å². The van der Waals surface area contributed by atoms with Crippen molar-refractivity contribution in [1.82, 2.24) is 4.98 Å². The lowest BCUT2D eigenvalue weighted by Gasteiger charge is -2.16. The van der Waals surface area contributed by atoms with Crippen LogP contribution in [0, 0.1) is 0 Å². The van der Waals surface area contributed by atoms with Crippen LogP contribution >= 0.6 is 0 Å². The summed E-state index contributed by atoms with van der Waals surface area (Å²) >= 11 is 0. The molecule has 2 nitrogen and oxygen atoms in total. The van der Waals surface area contributed by atoms with Gasteiger partial charge in [0.05, 0.1) is 11.4 Å². The second kappa shape index (κ2) is 4.45. The van der Waals surface area contributed by atoms with E-state index in [4.69, 9.17) is 5.73 Å². The second-order valence-corrected chi connectivity index (χ2v) is 4.16. The molecule has 0 aliphatic rings. The molecule has 78 valence electrons. The number of nitrogen functional groups attached to an aromatic ring is 1. The lowest BCUT2D eigenvalue weighted by atomic mass is 9.96. The van der Waals surface area contributed by atoms with E-state index in [2.05, 4.69) is 32.7 Å². The Balaban J connectivity index is 3.13. The van der Waals surface area contributed by atoms with Crippen molar-refractivity contribution in [2.75, 3.05) is 5.73 Å². The van der Waals surface area contributed by atoms with Gasteiger partial charge in [0.2, 0.25) is 0 Å². The maximum atomic E-state index is 6.10. The average Bonchev–Trinajstić information content (AvgIpc) is 2.16. The van der Waals surface area contributed by atoms with Gasteiger partial charge in [-0.15, -0.1) is 0 Å². The molecule has 0 fully saturated rings. The van der Waals surface area contributed by atoms with E-state index in [9.17, 15) is 0 Å². The molecule has 1 atom stereocenters. The minimum atomic E-state index is 0.452. The van der Waals surface area contributed by atoms with Crippen LogP contribution in [0.3, 0.4) is 0 Å². The van der Waals surface area contributed by atoms with E-state index in [-0.39, 0.29) is 0 Å². The molecular formula is C12H20N2. The number of hydrogen-bond donors (Lipinski definition) is 1. The van der Waals surface area contributed by atoms with E-state index in [1.807, 2.05) is 12.3 Å². The Morgan fingerprint density at radius 3 is 2.50 bits per heavy atom. The number of anilines is 1. The van der Waals surface area contributed by atoms with Crippen LogP contribution in [-0.2, 0) is 0 Å². The van der Waals surface area contributed by atoms with E-state index in [0.29, 0.717) is 11.8 Å². The summed E-state index contributed by atoms with van der Waals surface area (Å²) < 4.78 is 0. The number of aromatic nitrogens is 1. The summed E-state index contributed by atoms with van der Waals surface area (Å²) in [5.74, 6) is 0.925. The Bertz CT molecular complexity index is 305. The van der Waals surface area contributed by atoms with Gasteiger partial charge in [0.25, 0.3) is 0 Å². The van der Waals surface area contributed by atoms with Gasteiger partial charge in [-0.05, 0) is 24.0 Å². The van der Waals surface area contributed by atoms with Crippen molar-refractivity contribution in [3.63, 3.8) is 0 Å². The predicted octanol–water partition coefficient (Wildman–Crippen LogP) is 3.30. The van der Waals surface area contributed by atoms with Gasteiger partial charge in [-0.2, -0.15) is 0 Å². The Hall–Kier alpha value is -1.05. The molecule has 0 saturated heterocycles. The molecule has 14 heavy (non-hydrogen) atoms. The summed E-state index contributed by atoms with van der Waals surface area (Å²) in [6, 6.07) is 2.02. The lowest BCUT2D eigenvalue weighted by Crippen LogP contribution is -2.06. The highest BCUT2D eigenvalue weighted by Crippen LogP contribution is 2.29. The minimum Gasteiger partial charge on any atom is -0.397 e. The summed E-state index contributed by atoms with van der Waals surface area (Å²) in [5.41, 5.74) is 9.26. The van der Waals surface area contributed by atoms with Gasteiger partial charge >= 0.3 is 0 Å². The number of pyridine rings is 1. The average molecular weight is 192 g/mol. The number of nitrogens with zero attached hydrogens (tertiary/aromatic N) is 1. The van der Waals surface area contributed by atoms with Crippen molar-refractivity contribution < 1.29 is 0 Å². The molecule has 0 radical (unpaired) electrons. The largest absolute Gasteiger partial charge is 0.397 e. The van der Waals surface area contributed by atoms with Gasteiger partial charge in [-0.1, -0.05) is 27.7 Å². The Morgan fingerprint density at radius 1 is 1.36 bits per heavy atom. The Kier molecular flexibility index (Phi) is 3.50. The molecule has 1 aromatic rings. The van der Waals surface area contributed by atoms with Gasteiger partial charge in [0.15, 0.2) is 0 Å². The highest BCUT2D eigenvalue weighted by Gasteiger charge is 2.13. The fourth-order valence-electron chi connectivity index (χ4n) is 1.59. The molecule has 0 aliphatic heterocycles. The molecule has 1 rings (SSSR count). The third kappa shape index (κ3) is 2.06. The second-order valence-electron chi connectivity index (χ2n) is 4.16. The first kappa shape index (κ1) is 11.0. The van der Waals surface area contributed by atoms with Crippen LogP contribution < -0.4 is 5.73 Å². The van der Waals surface area contributed by atoms with Crippen molar-refractivity contribution in [2.24, 2.45) is 0 Å². The zero-order valence-corrected chi connectivity index (χ0v) is 9.54. The highest BCUT2D eigenvalue weighted by atomic mass is 14.7. The monoisotopic (exact) mass is 192 g/mol. The molecule has 1 aromatic heterocycles. The van der Waals surface area contributed by atoms with Crippen molar-refractivity contribution in [3.8, 4) is 0 Å². The van der Waals surface area contributed by atoms with Crippen LogP contribution in [0.2, 0.25) is 0 Å². The molecule has 0 aromatic carbocycles. The summed E-state index contributed by atoms with van der Waals surface area (Å²) in [6.07, 6.45) is 2.95. The first-order valence-corrected chi connectivity index (χ1v) is 5.32. The highest BCUT2D eigenvalue weighted by molar-refractivity contribution is 5.53. The Labute approximate surface area is 86.5 Å². The first-order chi connectivity index (χ1) is 6.57. The van der Waals surface area contributed by atoms with Crippen LogP contribution in [0.5, 0.6) is 0 Å². The fourth-order valence-corrected chi connectivity index (χ4v) is 1.59. The normalized spacial score (nSPS) is 13.2. The van der Waals surface area contributed by atoms with E-state index < -0.39 is 0 Å².